The molecule has 1 saturated heterocycles. The fourth-order valence-electron chi connectivity index (χ4n) is 3.31. The first-order valence-corrected chi connectivity index (χ1v) is 8.57. The number of aryl methyl sites for hydroxylation is 1. The number of carbonyl (C=O) groups excluding carboxylic acids is 1. The van der Waals surface area contributed by atoms with Gasteiger partial charge in [-0.1, -0.05) is 13.8 Å². The van der Waals surface area contributed by atoms with Gasteiger partial charge in [-0.15, -0.1) is 0 Å². The second kappa shape index (κ2) is 8.45. The van der Waals surface area contributed by atoms with Crippen LogP contribution in [0.3, 0.4) is 0 Å². The second-order valence-corrected chi connectivity index (χ2v) is 6.36. The highest BCUT2D eigenvalue weighted by Crippen LogP contribution is 2.25. The van der Waals surface area contributed by atoms with Crippen LogP contribution in [0.5, 0.6) is 0 Å². The number of aromatic nitrogens is 2. The van der Waals surface area contributed by atoms with Crippen molar-refractivity contribution in [3.8, 4) is 0 Å². The Morgan fingerprint density at radius 2 is 2.26 bits per heavy atom. The molecular formula is C17H30N4O2. The molecule has 1 aliphatic heterocycles. The van der Waals surface area contributed by atoms with E-state index in [1.54, 1.807) is 7.11 Å². The van der Waals surface area contributed by atoms with Gasteiger partial charge in [0.05, 0.1) is 6.04 Å². The summed E-state index contributed by atoms with van der Waals surface area (Å²) in [5, 5.41) is 0. The van der Waals surface area contributed by atoms with E-state index in [9.17, 15) is 4.79 Å². The average Bonchev–Trinajstić information content (AvgIpc) is 2.99. The molecule has 0 aromatic carbocycles. The van der Waals surface area contributed by atoms with Crippen molar-refractivity contribution >= 4 is 5.91 Å². The Hall–Kier alpha value is -1.40. The zero-order valence-electron chi connectivity index (χ0n) is 14.9. The van der Waals surface area contributed by atoms with Crippen molar-refractivity contribution < 1.29 is 9.53 Å². The van der Waals surface area contributed by atoms with Gasteiger partial charge in [-0.05, 0) is 19.4 Å². The summed E-state index contributed by atoms with van der Waals surface area (Å²) in [6, 6.07) is 0.184. The van der Waals surface area contributed by atoms with Crippen molar-refractivity contribution in [2.24, 2.45) is 13.0 Å². The fourth-order valence-corrected chi connectivity index (χ4v) is 3.31. The molecule has 2 heterocycles. The third-order valence-electron chi connectivity index (χ3n) is 4.77. The van der Waals surface area contributed by atoms with E-state index in [-0.39, 0.29) is 17.9 Å². The maximum absolute atomic E-state index is 12.7. The van der Waals surface area contributed by atoms with Crippen molar-refractivity contribution in [1.82, 2.24) is 19.4 Å². The lowest BCUT2D eigenvalue weighted by atomic mass is 10.0. The third kappa shape index (κ3) is 4.32. The van der Waals surface area contributed by atoms with Crippen LogP contribution >= 0.6 is 0 Å². The molecule has 1 amide bonds. The van der Waals surface area contributed by atoms with Crippen molar-refractivity contribution in [3.63, 3.8) is 0 Å². The van der Waals surface area contributed by atoms with E-state index in [4.69, 9.17) is 4.74 Å². The number of carbonyl (C=O) groups is 1. The Bertz CT molecular complexity index is 503. The number of nitrogens with zero attached hydrogens (tertiary/aromatic N) is 4. The number of rotatable bonds is 7. The van der Waals surface area contributed by atoms with Gasteiger partial charge in [0.15, 0.2) is 0 Å². The quantitative estimate of drug-likeness (QED) is 0.717. The first-order valence-electron chi connectivity index (χ1n) is 8.57. The van der Waals surface area contributed by atoms with Gasteiger partial charge in [-0.25, -0.2) is 4.98 Å². The lowest BCUT2D eigenvalue weighted by Crippen LogP contribution is -2.52. The van der Waals surface area contributed by atoms with Crippen LogP contribution in [-0.2, 0) is 16.6 Å². The third-order valence-corrected chi connectivity index (χ3v) is 4.77. The van der Waals surface area contributed by atoms with E-state index in [0.717, 1.165) is 51.5 Å². The maximum atomic E-state index is 12.7. The minimum Gasteiger partial charge on any atom is -0.385 e. The molecule has 1 aromatic heterocycles. The number of methoxy groups -OCH3 is 1. The molecule has 6 heteroatoms. The summed E-state index contributed by atoms with van der Waals surface area (Å²) in [7, 11) is 3.72. The average molecular weight is 322 g/mol. The maximum Gasteiger partial charge on any atom is 0.225 e. The Morgan fingerprint density at radius 1 is 1.48 bits per heavy atom. The number of hydrogen-bond donors (Lipinski definition) is 0. The second-order valence-electron chi connectivity index (χ2n) is 6.36. The highest BCUT2D eigenvalue weighted by atomic mass is 16.5. The Kier molecular flexibility index (Phi) is 6.59. The van der Waals surface area contributed by atoms with Crippen LogP contribution < -0.4 is 0 Å². The number of hydrogen-bond acceptors (Lipinski definition) is 4. The summed E-state index contributed by atoms with van der Waals surface area (Å²) in [4.78, 5) is 21.7. The summed E-state index contributed by atoms with van der Waals surface area (Å²) in [5.74, 6) is 1.35. The molecule has 130 valence electrons. The predicted molar refractivity (Wildman–Crippen MR) is 90.1 cm³/mol. The summed E-state index contributed by atoms with van der Waals surface area (Å²) < 4.78 is 7.14. The largest absolute Gasteiger partial charge is 0.385 e. The standard InChI is InChI=1S/C17H30N4O2/c1-5-20-10-11-21(17(22)14(2)7-6-12-23-4)13-15(20)16-18-8-9-19(16)3/h8-9,14-15H,5-7,10-13H2,1-4H3/t14-,15+/m0/s1. The van der Waals surface area contributed by atoms with E-state index < -0.39 is 0 Å². The zero-order valence-corrected chi connectivity index (χ0v) is 14.9. The van der Waals surface area contributed by atoms with Crippen molar-refractivity contribution in [1.29, 1.82) is 0 Å². The molecule has 0 saturated carbocycles. The lowest BCUT2D eigenvalue weighted by Gasteiger charge is -2.41. The van der Waals surface area contributed by atoms with Gasteiger partial charge in [-0.2, -0.15) is 0 Å². The molecule has 1 aromatic rings. The Balaban J connectivity index is 2.02. The first-order chi connectivity index (χ1) is 11.1. The molecule has 0 bridgehead atoms. The molecule has 0 N–H and O–H groups in total. The monoisotopic (exact) mass is 322 g/mol. The zero-order chi connectivity index (χ0) is 16.8. The summed E-state index contributed by atoms with van der Waals surface area (Å²) in [6.45, 7) is 8.33. The number of likely N-dealkylation sites (N-methyl/N-ethyl adjacent to an activating group) is 1. The lowest BCUT2D eigenvalue weighted by molar-refractivity contribution is -0.138. The molecule has 0 spiro atoms. The van der Waals surface area contributed by atoms with Crippen LogP contribution in [-0.4, -0.2) is 65.2 Å². The van der Waals surface area contributed by atoms with E-state index in [1.165, 1.54) is 0 Å². The van der Waals surface area contributed by atoms with Gasteiger partial charge >= 0.3 is 0 Å². The van der Waals surface area contributed by atoms with Crippen LogP contribution in [0.15, 0.2) is 12.4 Å². The van der Waals surface area contributed by atoms with Crippen LogP contribution in [0, 0.1) is 5.92 Å². The normalized spacial score (nSPS) is 20.7. The minimum absolute atomic E-state index is 0.0559. The highest BCUT2D eigenvalue weighted by molar-refractivity contribution is 5.78. The number of piperazine rings is 1. The van der Waals surface area contributed by atoms with Crippen molar-refractivity contribution in [2.75, 3.05) is 39.9 Å². The van der Waals surface area contributed by atoms with Crippen molar-refractivity contribution in [3.05, 3.63) is 18.2 Å². The number of ether oxygens (including phenoxy) is 1. The number of imidazole rings is 1. The van der Waals surface area contributed by atoms with E-state index >= 15 is 0 Å². The minimum atomic E-state index is 0.0559. The highest BCUT2D eigenvalue weighted by Gasteiger charge is 2.33. The molecule has 0 radical (unpaired) electrons. The van der Waals surface area contributed by atoms with E-state index in [2.05, 4.69) is 21.4 Å². The van der Waals surface area contributed by atoms with Crippen molar-refractivity contribution in [2.45, 2.75) is 32.7 Å². The topological polar surface area (TPSA) is 50.6 Å². The fraction of sp³-hybridized carbons (Fsp3) is 0.765. The van der Waals surface area contributed by atoms with Gasteiger partial charge in [0.2, 0.25) is 5.91 Å². The van der Waals surface area contributed by atoms with Crippen LogP contribution in [0.1, 0.15) is 38.6 Å². The molecule has 2 atom stereocenters. The predicted octanol–water partition coefficient (Wildman–Crippen LogP) is 1.69. The smallest absolute Gasteiger partial charge is 0.225 e. The van der Waals surface area contributed by atoms with Gasteiger partial charge < -0.3 is 14.2 Å². The Morgan fingerprint density at radius 3 is 2.87 bits per heavy atom. The Labute approximate surface area is 139 Å². The van der Waals surface area contributed by atoms with Gasteiger partial charge in [0, 0.05) is 58.7 Å². The molecule has 0 unspecified atom stereocenters. The molecule has 0 aliphatic carbocycles. The first kappa shape index (κ1) is 17.9. The molecular weight excluding hydrogens is 292 g/mol. The molecule has 1 aliphatic rings. The van der Waals surface area contributed by atoms with Gasteiger partial charge in [0.1, 0.15) is 5.82 Å². The van der Waals surface area contributed by atoms with E-state index in [0.29, 0.717) is 0 Å². The van der Waals surface area contributed by atoms with Gasteiger partial charge in [0.25, 0.3) is 0 Å². The SMILES string of the molecule is CCN1CCN(C(=O)[C@@H](C)CCCOC)C[C@@H]1c1nccn1C. The number of amides is 1. The van der Waals surface area contributed by atoms with Crippen LogP contribution in [0.4, 0.5) is 0 Å². The van der Waals surface area contributed by atoms with Gasteiger partial charge in [-0.3, -0.25) is 9.69 Å². The summed E-state index contributed by atoms with van der Waals surface area (Å²) in [5.41, 5.74) is 0. The van der Waals surface area contributed by atoms with Crippen LogP contribution in [0.25, 0.3) is 0 Å². The van der Waals surface area contributed by atoms with Crippen LogP contribution in [0.2, 0.25) is 0 Å². The summed E-state index contributed by atoms with van der Waals surface area (Å²) in [6.07, 6.45) is 5.61. The summed E-state index contributed by atoms with van der Waals surface area (Å²) >= 11 is 0. The van der Waals surface area contributed by atoms with E-state index in [1.807, 2.05) is 31.3 Å². The molecule has 23 heavy (non-hydrogen) atoms. The molecule has 1 fully saturated rings. The molecule has 2 rings (SSSR count). The molecule has 6 nitrogen and oxygen atoms in total.